The van der Waals surface area contributed by atoms with Crippen LogP contribution in [-0.4, -0.2) is 52.4 Å². The molecule has 2 aromatic rings. The van der Waals surface area contributed by atoms with Gasteiger partial charge in [-0.25, -0.2) is 0 Å². The number of carbonyl (C=O) groups is 1. The number of hydrogen-bond acceptors (Lipinski definition) is 6. The molecule has 262 valence electrons. The molecule has 0 amide bonds. The van der Waals surface area contributed by atoms with Gasteiger partial charge in [-0.15, -0.1) is 0 Å². The summed E-state index contributed by atoms with van der Waals surface area (Å²) in [7, 11) is 0. The number of anilines is 1. The van der Waals surface area contributed by atoms with Gasteiger partial charge in [-0.2, -0.15) is 5.10 Å². The fourth-order valence-corrected chi connectivity index (χ4v) is 13.2. The van der Waals surface area contributed by atoms with Crippen molar-refractivity contribution in [1.82, 2.24) is 20.4 Å². The second kappa shape index (κ2) is 10.5. The summed E-state index contributed by atoms with van der Waals surface area (Å²) in [5.74, 6) is 2.08. The maximum atomic E-state index is 13.5. The van der Waals surface area contributed by atoms with Gasteiger partial charge in [-0.1, -0.05) is 54.0 Å². The van der Waals surface area contributed by atoms with Crippen molar-refractivity contribution in [2.24, 2.45) is 44.8 Å². The van der Waals surface area contributed by atoms with Crippen molar-refractivity contribution in [3.8, 4) is 0 Å². The molecule has 5 N–H and O–H groups in total. The zero-order chi connectivity index (χ0) is 34.1. The summed E-state index contributed by atoms with van der Waals surface area (Å²) in [5, 5.41) is 22.5. The van der Waals surface area contributed by atoms with Gasteiger partial charge >= 0.3 is 5.97 Å². The van der Waals surface area contributed by atoms with Crippen molar-refractivity contribution in [2.75, 3.05) is 31.9 Å². The van der Waals surface area contributed by atoms with Gasteiger partial charge < -0.3 is 20.6 Å². The van der Waals surface area contributed by atoms with Crippen LogP contribution in [0.2, 0.25) is 0 Å². The zero-order valence-corrected chi connectivity index (χ0v) is 30.5. The Bertz CT molecular complexity index is 1660. The third kappa shape index (κ3) is 4.32. The van der Waals surface area contributed by atoms with Crippen LogP contribution in [0.25, 0.3) is 5.57 Å². The molecule has 3 heterocycles. The molecule has 0 spiro atoms. The lowest BCUT2D eigenvalue weighted by molar-refractivity contribution is -0.175. The number of nitrogens with zero attached hydrogens (tertiary/aromatic N) is 2. The van der Waals surface area contributed by atoms with Gasteiger partial charge in [0.25, 0.3) is 0 Å². The van der Waals surface area contributed by atoms with Crippen LogP contribution in [0.15, 0.2) is 22.3 Å². The van der Waals surface area contributed by atoms with Crippen molar-refractivity contribution >= 4 is 17.4 Å². The lowest BCUT2D eigenvalue weighted by atomic mass is 9.33. The monoisotopic (exact) mass is 657 g/mol. The van der Waals surface area contributed by atoms with Gasteiger partial charge in [0.15, 0.2) is 0 Å². The van der Waals surface area contributed by atoms with Crippen molar-refractivity contribution in [2.45, 2.75) is 118 Å². The number of H-pyrrole nitrogens is 1. The molecule has 8 rings (SSSR count). The molecule has 1 saturated heterocycles. The topological polar surface area (TPSA) is 120 Å². The highest BCUT2D eigenvalue weighted by atomic mass is 16.4. The number of carboxylic acids is 1. The number of nitrogens with two attached hydrogens (primary N) is 1. The lowest BCUT2D eigenvalue weighted by Crippen LogP contribution is -2.65. The number of rotatable bonds is 4. The number of nitrogen functional groups attached to an aromatic ring is 1. The van der Waals surface area contributed by atoms with E-state index in [-0.39, 0.29) is 33.0 Å². The summed E-state index contributed by atoms with van der Waals surface area (Å²) >= 11 is 0. The highest BCUT2D eigenvalue weighted by molar-refractivity contribution is 5.80. The number of aromatic nitrogens is 2. The van der Waals surface area contributed by atoms with E-state index < -0.39 is 11.4 Å². The van der Waals surface area contributed by atoms with E-state index in [4.69, 9.17) is 15.2 Å². The Kier molecular flexibility index (Phi) is 7.12. The normalized spacial score (nSPS) is 40.3. The van der Waals surface area contributed by atoms with Gasteiger partial charge in [0.1, 0.15) is 11.6 Å². The number of nitrogens with one attached hydrogen (secondary N) is 2. The van der Waals surface area contributed by atoms with E-state index >= 15 is 0 Å². The Labute approximate surface area is 287 Å². The molecule has 3 saturated carbocycles. The maximum absolute atomic E-state index is 13.5. The van der Waals surface area contributed by atoms with Gasteiger partial charge in [0.2, 0.25) is 0 Å². The second-order valence-electron chi connectivity index (χ2n) is 19.1. The first-order chi connectivity index (χ1) is 22.6. The van der Waals surface area contributed by atoms with Crippen molar-refractivity contribution < 1.29 is 14.3 Å². The SMILES string of the molecule is CC1(C)CCC2(C(=O)O)CC[C@]3(C)C(=C(c4coc(CN5CCNCC5)c4)CC4[C@@]5(C)Cc6c(n[nH]c6N)C(C)(C)C5CC[C@]43C)C2C1. The van der Waals surface area contributed by atoms with Crippen LogP contribution in [-0.2, 0) is 23.2 Å². The average Bonchev–Trinajstić information content (AvgIpc) is 3.64. The van der Waals surface area contributed by atoms with E-state index in [1.165, 1.54) is 22.3 Å². The predicted octanol–water partition coefficient (Wildman–Crippen LogP) is 7.42. The second-order valence-corrected chi connectivity index (χ2v) is 19.1. The number of hydrogen-bond donors (Lipinski definition) is 4. The fourth-order valence-electron chi connectivity index (χ4n) is 13.2. The molecule has 48 heavy (non-hydrogen) atoms. The molecular formula is C40H59N5O3. The van der Waals surface area contributed by atoms with Gasteiger partial charge in [-0.05, 0) is 109 Å². The summed E-state index contributed by atoms with van der Waals surface area (Å²) in [4.78, 5) is 16.0. The number of aliphatic carboxylic acids is 1. The molecule has 8 nitrogen and oxygen atoms in total. The number of fused-ring (bicyclic) bond motifs is 8. The molecule has 0 aromatic carbocycles. The van der Waals surface area contributed by atoms with E-state index in [1.807, 2.05) is 6.26 Å². The molecule has 6 aliphatic rings. The molecule has 2 aromatic heterocycles. The molecule has 1 aliphatic heterocycles. The Morgan fingerprint density at radius 2 is 1.77 bits per heavy atom. The highest BCUT2D eigenvalue weighted by Gasteiger charge is 2.70. The van der Waals surface area contributed by atoms with E-state index in [0.717, 1.165) is 108 Å². The van der Waals surface area contributed by atoms with Crippen LogP contribution in [0.4, 0.5) is 5.82 Å². The van der Waals surface area contributed by atoms with Crippen LogP contribution >= 0.6 is 0 Å². The molecule has 8 heteroatoms. The van der Waals surface area contributed by atoms with E-state index in [1.54, 1.807) is 0 Å². The molecule has 0 radical (unpaired) electrons. The standard InChI is InChI=1S/C40H59N5O3/c1-35(2)10-12-40(34(46)47)13-11-39(7)31(28(40)21-35)26(24-18-25(48-23-24)22-45-16-14-42-15-17-45)19-30-37(5)20-27-32(43-44-33(27)41)36(3,4)29(37)8-9-38(30,39)6/h18,23,28-30,42H,8-17,19-22H2,1-7H3,(H,46,47)(H3,41,43,44)/t28?,29?,30?,37-,38+,39+,40?/m0/s1. The number of carboxylic acid groups (broad SMARTS) is 1. The van der Waals surface area contributed by atoms with E-state index in [0.29, 0.717) is 11.8 Å². The molecule has 4 fully saturated rings. The average molecular weight is 658 g/mol. The first kappa shape index (κ1) is 32.6. The first-order valence-corrected chi connectivity index (χ1v) is 18.9. The zero-order valence-electron chi connectivity index (χ0n) is 30.5. The Morgan fingerprint density at radius 3 is 2.50 bits per heavy atom. The van der Waals surface area contributed by atoms with E-state index in [2.05, 4.69) is 69.8 Å². The largest absolute Gasteiger partial charge is 0.481 e. The van der Waals surface area contributed by atoms with Crippen molar-refractivity contribution in [1.29, 1.82) is 0 Å². The molecule has 4 unspecified atom stereocenters. The third-order valence-corrected chi connectivity index (χ3v) is 15.9. The minimum absolute atomic E-state index is 0.0157. The fraction of sp³-hybridized carbons (Fsp3) is 0.750. The molecule has 0 bridgehead atoms. The van der Waals surface area contributed by atoms with Gasteiger partial charge in [0, 0.05) is 42.7 Å². The quantitative estimate of drug-likeness (QED) is 0.270. The molecule has 5 aliphatic carbocycles. The van der Waals surface area contributed by atoms with Crippen LogP contribution in [0.1, 0.15) is 122 Å². The third-order valence-electron chi connectivity index (χ3n) is 15.9. The highest BCUT2D eigenvalue weighted by Crippen LogP contribution is 2.77. The van der Waals surface area contributed by atoms with Crippen molar-refractivity contribution in [3.05, 3.63) is 40.5 Å². The van der Waals surface area contributed by atoms with Crippen molar-refractivity contribution in [3.63, 3.8) is 0 Å². The molecule has 7 atom stereocenters. The Balaban J connectivity index is 1.31. The van der Waals surface area contributed by atoms with E-state index in [9.17, 15) is 9.90 Å². The van der Waals surface area contributed by atoms with Crippen LogP contribution in [0, 0.1) is 44.8 Å². The minimum atomic E-state index is -0.694. The predicted molar refractivity (Wildman–Crippen MR) is 189 cm³/mol. The van der Waals surface area contributed by atoms with Crippen LogP contribution in [0.5, 0.6) is 0 Å². The number of furan rings is 1. The summed E-state index contributed by atoms with van der Waals surface area (Å²) in [6.45, 7) is 22.1. The Morgan fingerprint density at radius 1 is 1.04 bits per heavy atom. The summed E-state index contributed by atoms with van der Waals surface area (Å²) < 4.78 is 6.42. The molecular weight excluding hydrogens is 598 g/mol. The van der Waals surface area contributed by atoms with Crippen LogP contribution < -0.4 is 11.1 Å². The first-order valence-electron chi connectivity index (χ1n) is 18.9. The maximum Gasteiger partial charge on any atom is 0.310 e. The minimum Gasteiger partial charge on any atom is -0.481 e. The lowest BCUT2D eigenvalue weighted by Gasteiger charge is -2.71. The number of aromatic amines is 1. The summed E-state index contributed by atoms with van der Waals surface area (Å²) in [6.07, 6.45) is 10.6. The van der Waals surface area contributed by atoms with Gasteiger partial charge in [-0.3, -0.25) is 14.8 Å². The summed E-state index contributed by atoms with van der Waals surface area (Å²) in [5.41, 5.74) is 12.3. The Hall–Kier alpha value is -2.58. The van der Waals surface area contributed by atoms with Crippen LogP contribution in [0.3, 0.4) is 0 Å². The number of piperazine rings is 1. The smallest absolute Gasteiger partial charge is 0.310 e. The summed E-state index contributed by atoms with van der Waals surface area (Å²) in [6, 6.07) is 2.32. The number of allylic oxidation sites excluding steroid dienone is 2. The van der Waals surface area contributed by atoms with Gasteiger partial charge in [0.05, 0.1) is 23.9 Å².